The van der Waals surface area contributed by atoms with E-state index in [0.717, 1.165) is 28.7 Å². The molecule has 0 aliphatic carbocycles. The molecule has 4 aromatic rings. The molecule has 5 heteroatoms. The van der Waals surface area contributed by atoms with Gasteiger partial charge in [0.2, 0.25) is 0 Å². The van der Waals surface area contributed by atoms with Gasteiger partial charge in [-0.1, -0.05) is 12.1 Å². The van der Waals surface area contributed by atoms with Crippen molar-refractivity contribution in [3.8, 4) is 5.69 Å². The van der Waals surface area contributed by atoms with E-state index in [4.69, 9.17) is 0 Å². The van der Waals surface area contributed by atoms with Gasteiger partial charge in [-0.3, -0.25) is 4.79 Å². The Morgan fingerprint density at radius 1 is 1.15 bits per heavy atom. The molecule has 0 aliphatic heterocycles. The second-order valence-corrected chi connectivity index (χ2v) is 6.76. The number of aromatic amines is 1. The molecule has 0 saturated carbocycles. The third-order valence-electron chi connectivity index (χ3n) is 4.97. The molecular weight excluding hydrogens is 336 g/mol. The molecule has 5 nitrogen and oxygen atoms in total. The van der Waals surface area contributed by atoms with Crippen molar-refractivity contribution < 1.29 is 4.79 Å². The third kappa shape index (κ3) is 3.49. The lowest BCUT2D eigenvalue weighted by Crippen LogP contribution is -2.25. The van der Waals surface area contributed by atoms with Crippen LogP contribution in [0, 0.1) is 13.8 Å². The normalized spacial score (nSPS) is 11.0. The number of fused-ring (bicyclic) bond motifs is 1. The predicted octanol–water partition coefficient (Wildman–Crippen LogP) is 3.94. The van der Waals surface area contributed by atoms with Crippen molar-refractivity contribution in [1.29, 1.82) is 0 Å². The number of aryl methyl sites for hydroxylation is 2. The molecule has 0 bridgehead atoms. The Labute approximate surface area is 158 Å². The maximum Gasteiger partial charge on any atom is 0.251 e. The summed E-state index contributed by atoms with van der Waals surface area (Å²) in [5.41, 5.74) is 6.30. The van der Waals surface area contributed by atoms with Crippen molar-refractivity contribution in [2.24, 2.45) is 0 Å². The Balaban J connectivity index is 1.37. The number of rotatable bonds is 5. The average Bonchev–Trinajstić information content (AvgIpc) is 3.31. The van der Waals surface area contributed by atoms with E-state index in [9.17, 15) is 4.79 Å². The second kappa shape index (κ2) is 7.11. The van der Waals surface area contributed by atoms with Crippen LogP contribution in [0.4, 0.5) is 0 Å². The highest BCUT2D eigenvalue weighted by molar-refractivity contribution is 5.99. The monoisotopic (exact) mass is 358 g/mol. The first-order valence-electron chi connectivity index (χ1n) is 9.08. The van der Waals surface area contributed by atoms with Gasteiger partial charge >= 0.3 is 0 Å². The number of nitrogens with one attached hydrogen (secondary N) is 2. The summed E-state index contributed by atoms with van der Waals surface area (Å²) in [6, 6.07) is 15.9. The van der Waals surface area contributed by atoms with Crippen LogP contribution in [0.3, 0.4) is 0 Å². The summed E-state index contributed by atoms with van der Waals surface area (Å²) in [5, 5.41) is 8.34. The van der Waals surface area contributed by atoms with Crippen LogP contribution in [0.1, 0.15) is 27.2 Å². The van der Waals surface area contributed by atoms with Crippen LogP contribution in [0.5, 0.6) is 0 Å². The van der Waals surface area contributed by atoms with Crippen molar-refractivity contribution in [3.05, 3.63) is 83.3 Å². The van der Waals surface area contributed by atoms with Crippen LogP contribution in [-0.4, -0.2) is 27.2 Å². The molecule has 2 heterocycles. The van der Waals surface area contributed by atoms with E-state index in [1.165, 1.54) is 11.1 Å². The SMILES string of the molecule is Cc1[nH]c2ccc(C(=O)NCCc3ccc(-n4cccn4)cc3)cc2c1C. The number of aromatic nitrogens is 3. The first-order valence-corrected chi connectivity index (χ1v) is 9.08. The van der Waals surface area contributed by atoms with Crippen molar-refractivity contribution >= 4 is 16.8 Å². The zero-order valence-corrected chi connectivity index (χ0v) is 15.5. The molecule has 0 fully saturated rings. The lowest BCUT2D eigenvalue weighted by atomic mass is 10.1. The van der Waals surface area contributed by atoms with Gasteiger partial charge in [0.15, 0.2) is 0 Å². The van der Waals surface area contributed by atoms with Gasteiger partial charge in [-0.25, -0.2) is 4.68 Å². The van der Waals surface area contributed by atoms with Crippen LogP contribution in [0.25, 0.3) is 16.6 Å². The van der Waals surface area contributed by atoms with Crippen LogP contribution < -0.4 is 5.32 Å². The Kier molecular flexibility index (Phi) is 4.50. The van der Waals surface area contributed by atoms with E-state index in [0.29, 0.717) is 12.1 Å². The summed E-state index contributed by atoms with van der Waals surface area (Å²) in [6.07, 6.45) is 4.46. The van der Waals surface area contributed by atoms with Crippen LogP contribution in [0.2, 0.25) is 0 Å². The van der Waals surface area contributed by atoms with E-state index < -0.39 is 0 Å². The van der Waals surface area contributed by atoms with Gasteiger partial charge in [0.05, 0.1) is 5.69 Å². The predicted molar refractivity (Wildman–Crippen MR) is 107 cm³/mol. The van der Waals surface area contributed by atoms with Crippen molar-refractivity contribution in [1.82, 2.24) is 20.1 Å². The summed E-state index contributed by atoms with van der Waals surface area (Å²) in [7, 11) is 0. The molecule has 4 rings (SSSR count). The topological polar surface area (TPSA) is 62.7 Å². The summed E-state index contributed by atoms with van der Waals surface area (Å²) >= 11 is 0. The Morgan fingerprint density at radius 2 is 1.96 bits per heavy atom. The van der Waals surface area contributed by atoms with Crippen molar-refractivity contribution in [2.75, 3.05) is 6.54 Å². The highest BCUT2D eigenvalue weighted by atomic mass is 16.1. The molecule has 0 unspecified atom stereocenters. The van der Waals surface area contributed by atoms with E-state index in [2.05, 4.69) is 34.5 Å². The molecule has 2 aromatic heterocycles. The number of carbonyl (C=O) groups is 1. The van der Waals surface area contributed by atoms with Gasteiger partial charge in [0.25, 0.3) is 5.91 Å². The van der Waals surface area contributed by atoms with Gasteiger partial charge in [-0.2, -0.15) is 5.10 Å². The standard InChI is InChI=1S/C22H22N4O/c1-15-16(2)25-21-9-6-18(14-20(15)21)22(27)23-12-10-17-4-7-19(8-5-17)26-13-3-11-24-26/h3-9,11,13-14,25H,10,12H2,1-2H3,(H,23,27). The lowest BCUT2D eigenvalue weighted by Gasteiger charge is -2.07. The molecule has 0 spiro atoms. The van der Waals surface area contributed by atoms with Gasteiger partial charge in [-0.15, -0.1) is 0 Å². The molecular formula is C22H22N4O. The smallest absolute Gasteiger partial charge is 0.251 e. The van der Waals surface area contributed by atoms with Crippen LogP contribution >= 0.6 is 0 Å². The number of amides is 1. The van der Waals surface area contributed by atoms with E-state index in [-0.39, 0.29) is 5.91 Å². The summed E-state index contributed by atoms with van der Waals surface area (Å²) in [5.74, 6) is -0.0386. The zero-order valence-electron chi connectivity index (χ0n) is 15.5. The fourth-order valence-electron chi connectivity index (χ4n) is 3.26. The third-order valence-corrected chi connectivity index (χ3v) is 4.97. The number of carbonyl (C=O) groups excluding carboxylic acids is 1. The molecule has 27 heavy (non-hydrogen) atoms. The number of nitrogens with zero attached hydrogens (tertiary/aromatic N) is 2. The van der Waals surface area contributed by atoms with E-state index >= 15 is 0 Å². The highest BCUT2D eigenvalue weighted by Gasteiger charge is 2.09. The molecule has 0 saturated heterocycles. The highest BCUT2D eigenvalue weighted by Crippen LogP contribution is 2.22. The average molecular weight is 358 g/mol. The maximum atomic E-state index is 12.5. The quantitative estimate of drug-likeness (QED) is 0.567. The summed E-state index contributed by atoms with van der Waals surface area (Å²) in [4.78, 5) is 15.8. The number of benzene rings is 2. The fourth-order valence-corrected chi connectivity index (χ4v) is 3.26. The molecule has 0 radical (unpaired) electrons. The minimum atomic E-state index is -0.0386. The van der Waals surface area contributed by atoms with Gasteiger partial charge < -0.3 is 10.3 Å². The Hall–Kier alpha value is -3.34. The molecule has 0 aliphatic rings. The van der Waals surface area contributed by atoms with Crippen LogP contribution in [0.15, 0.2) is 60.9 Å². The van der Waals surface area contributed by atoms with Gasteiger partial charge in [-0.05, 0) is 67.8 Å². The van der Waals surface area contributed by atoms with E-state index in [1.807, 2.05) is 54.2 Å². The Morgan fingerprint density at radius 3 is 2.70 bits per heavy atom. The first-order chi connectivity index (χ1) is 13.1. The van der Waals surface area contributed by atoms with E-state index in [1.54, 1.807) is 6.20 Å². The largest absolute Gasteiger partial charge is 0.358 e. The number of hydrogen-bond donors (Lipinski definition) is 2. The zero-order chi connectivity index (χ0) is 18.8. The summed E-state index contributed by atoms with van der Waals surface area (Å²) < 4.78 is 1.83. The van der Waals surface area contributed by atoms with Crippen molar-refractivity contribution in [3.63, 3.8) is 0 Å². The fraction of sp³-hybridized carbons (Fsp3) is 0.182. The lowest BCUT2D eigenvalue weighted by molar-refractivity contribution is 0.0954. The Bertz CT molecular complexity index is 1080. The molecule has 2 aromatic carbocycles. The van der Waals surface area contributed by atoms with Crippen molar-refractivity contribution in [2.45, 2.75) is 20.3 Å². The minimum absolute atomic E-state index is 0.0386. The second-order valence-electron chi connectivity index (χ2n) is 6.76. The molecule has 2 N–H and O–H groups in total. The maximum absolute atomic E-state index is 12.5. The van der Waals surface area contributed by atoms with Crippen LogP contribution in [-0.2, 0) is 6.42 Å². The molecule has 0 atom stereocenters. The van der Waals surface area contributed by atoms with Gasteiger partial charge in [0.1, 0.15) is 0 Å². The van der Waals surface area contributed by atoms with Gasteiger partial charge in [0, 0.05) is 41.1 Å². The molecule has 1 amide bonds. The first kappa shape index (κ1) is 17.1. The number of H-pyrrole nitrogens is 1. The molecule has 136 valence electrons. The number of hydrogen-bond acceptors (Lipinski definition) is 2. The minimum Gasteiger partial charge on any atom is -0.358 e. The summed E-state index contributed by atoms with van der Waals surface area (Å²) in [6.45, 7) is 4.72.